The Morgan fingerprint density at radius 1 is 1.00 bits per heavy atom. The Bertz CT molecular complexity index is 1590. The second-order valence-corrected chi connectivity index (χ2v) is 14.8. The fraction of sp³-hybridized carbons (Fsp3) is 0.310. The van der Waals surface area contributed by atoms with Crippen LogP contribution in [-0.2, 0) is 15.1 Å². The van der Waals surface area contributed by atoms with E-state index in [1.807, 2.05) is 86.7 Å². The highest BCUT2D eigenvalue weighted by molar-refractivity contribution is 6.71. The first kappa shape index (κ1) is 24.8. The summed E-state index contributed by atoms with van der Waals surface area (Å²) in [6.07, 6.45) is -0.156. The zero-order valence-electron chi connectivity index (χ0n) is 21.6. The molecule has 196 valence electrons. The molecule has 38 heavy (non-hydrogen) atoms. The number of aliphatic hydroxyl groups excluding tert-OH is 1. The predicted molar refractivity (Wildman–Crippen MR) is 148 cm³/mol. The number of nitrogens with zero attached hydrogens (tertiary/aromatic N) is 2. The van der Waals surface area contributed by atoms with E-state index < -0.39 is 20.0 Å². The van der Waals surface area contributed by atoms with Crippen molar-refractivity contribution in [2.75, 3.05) is 11.5 Å². The lowest BCUT2D eigenvalue weighted by Gasteiger charge is -2.32. The minimum absolute atomic E-state index is 0.109. The van der Waals surface area contributed by atoms with Crippen LogP contribution in [0.2, 0.25) is 18.6 Å². The number of nitrogens with one attached hydrogen (secondary N) is 1. The molecule has 3 aromatic carbocycles. The number of aromatic nitrogens is 2. The summed E-state index contributed by atoms with van der Waals surface area (Å²) in [4.78, 5) is 40.7. The van der Waals surface area contributed by atoms with Crippen LogP contribution in [0.15, 0.2) is 77.6 Å². The average molecular weight is 530 g/mol. The number of fused-ring (bicyclic) bond motifs is 3. The second kappa shape index (κ2) is 8.77. The van der Waals surface area contributed by atoms with E-state index in [2.05, 4.69) is 5.10 Å². The van der Waals surface area contributed by atoms with Crippen LogP contribution < -0.4 is 10.5 Å². The normalized spacial score (nSPS) is 25.0. The molecule has 2 aliphatic heterocycles. The molecular formula is C29H31N3O5Si. The van der Waals surface area contributed by atoms with Crippen LogP contribution in [0.3, 0.4) is 0 Å². The van der Waals surface area contributed by atoms with E-state index in [0.717, 1.165) is 5.52 Å². The Morgan fingerprint density at radius 2 is 1.71 bits per heavy atom. The van der Waals surface area contributed by atoms with Gasteiger partial charge >= 0.3 is 0 Å². The van der Waals surface area contributed by atoms with Crippen LogP contribution in [0, 0.1) is 5.92 Å². The molecule has 4 atom stereocenters. The highest BCUT2D eigenvalue weighted by atomic mass is 28.4. The van der Waals surface area contributed by atoms with Gasteiger partial charge in [-0.05, 0) is 62.0 Å². The Balaban J connectivity index is 1.59. The van der Waals surface area contributed by atoms with Crippen LogP contribution in [0.25, 0.3) is 16.6 Å². The Morgan fingerprint density at radius 3 is 2.39 bits per heavy atom. The van der Waals surface area contributed by atoms with Gasteiger partial charge in [-0.15, -0.1) is 0 Å². The predicted octanol–water partition coefficient (Wildman–Crippen LogP) is 4.18. The number of anilines is 2. The molecule has 0 bridgehead atoms. The van der Waals surface area contributed by atoms with Gasteiger partial charge in [0, 0.05) is 29.3 Å². The van der Waals surface area contributed by atoms with Crippen molar-refractivity contribution in [3.8, 4) is 5.69 Å². The highest BCUT2D eigenvalue weighted by Crippen LogP contribution is 2.60. The molecule has 0 aliphatic carbocycles. The fourth-order valence-corrected chi connectivity index (χ4v) is 9.20. The van der Waals surface area contributed by atoms with E-state index in [9.17, 15) is 19.5 Å². The van der Waals surface area contributed by atoms with E-state index in [1.54, 1.807) is 11.0 Å². The molecule has 2 aliphatic rings. The van der Waals surface area contributed by atoms with Crippen molar-refractivity contribution in [3.63, 3.8) is 0 Å². The van der Waals surface area contributed by atoms with Gasteiger partial charge in [0.25, 0.3) is 11.5 Å². The average Bonchev–Trinajstić information content (AvgIpc) is 3.48. The first-order valence-corrected chi connectivity index (χ1v) is 16.0. The van der Waals surface area contributed by atoms with Gasteiger partial charge in [-0.1, -0.05) is 37.3 Å². The van der Waals surface area contributed by atoms with Crippen molar-refractivity contribution in [2.45, 2.75) is 43.7 Å². The lowest BCUT2D eigenvalue weighted by molar-refractivity contribution is -0.145. The van der Waals surface area contributed by atoms with Crippen LogP contribution in [0.1, 0.15) is 18.9 Å². The summed E-state index contributed by atoms with van der Waals surface area (Å²) in [6.45, 7) is 5.57. The molecular weight excluding hydrogens is 498 g/mol. The number of para-hydroxylation sites is 2. The number of ether oxygens (including phenoxy) is 1. The SMILES string of the molecule is C[C@H]1[C@H]([Si](C)(C)O)[C@@H](CCO)O[C@]12C(=O)N(c1ccccc1)c1ccc(-n3[nH]c4ccccc4c3=O)cc12. The van der Waals surface area contributed by atoms with Crippen molar-refractivity contribution in [1.82, 2.24) is 9.78 Å². The zero-order valence-corrected chi connectivity index (χ0v) is 22.6. The summed E-state index contributed by atoms with van der Waals surface area (Å²) >= 11 is 0. The summed E-state index contributed by atoms with van der Waals surface area (Å²) in [7, 11) is -2.81. The topological polar surface area (TPSA) is 108 Å². The van der Waals surface area contributed by atoms with Crippen LogP contribution in [-0.4, -0.2) is 46.6 Å². The van der Waals surface area contributed by atoms with Gasteiger partial charge in [0.1, 0.15) is 0 Å². The third-order valence-corrected chi connectivity index (χ3v) is 10.7. The maximum Gasteiger partial charge on any atom is 0.279 e. The second-order valence-electron chi connectivity index (χ2n) is 10.8. The third kappa shape index (κ3) is 3.46. The zero-order chi connectivity index (χ0) is 26.8. The van der Waals surface area contributed by atoms with Gasteiger partial charge in [0.15, 0.2) is 13.9 Å². The molecule has 1 spiro atoms. The maximum atomic E-state index is 14.5. The molecule has 1 aromatic heterocycles. The largest absolute Gasteiger partial charge is 0.432 e. The number of aromatic amines is 1. The highest BCUT2D eigenvalue weighted by Gasteiger charge is 2.66. The quantitative estimate of drug-likeness (QED) is 0.336. The van der Waals surface area contributed by atoms with Crippen LogP contribution in [0.5, 0.6) is 0 Å². The van der Waals surface area contributed by atoms with Gasteiger partial charge in [-0.3, -0.25) is 19.6 Å². The summed E-state index contributed by atoms with van der Waals surface area (Å²) < 4.78 is 8.19. The minimum Gasteiger partial charge on any atom is -0.432 e. The van der Waals surface area contributed by atoms with E-state index >= 15 is 0 Å². The summed E-state index contributed by atoms with van der Waals surface area (Å²) in [5, 5.41) is 13.6. The van der Waals surface area contributed by atoms with Crippen molar-refractivity contribution in [1.29, 1.82) is 0 Å². The summed E-state index contributed by atoms with van der Waals surface area (Å²) in [6, 6.07) is 22.3. The molecule has 0 saturated carbocycles. The first-order valence-electron chi connectivity index (χ1n) is 12.9. The van der Waals surface area contributed by atoms with Gasteiger partial charge in [-0.25, -0.2) is 4.68 Å². The lowest BCUT2D eigenvalue weighted by Crippen LogP contribution is -2.45. The smallest absolute Gasteiger partial charge is 0.279 e. The van der Waals surface area contributed by atoms with Crippen molar-refractivity contribution >= 4 is 36.5 Å². The lowest BCUT2D eigenvalue weighted by atomic mass is 9.82. The number of aliphatic hydroxyl groups is 1. The number of amides is 1. The fourth-order valence-electron chi connectivity index (χ4n) is 6.60. The first-order chi connectivity index (χ1) is 18.2. The molecule has 3 heterocycles. The van der Waals surface area contributed by atoms with Gasteiger partial charge in [0.2, 0.25) is 0 Å². The van der Waals surface area contributed by atoms with Crippen molar-refractivity contribution < 1.29 is 19.4 Å². The maximum absolute atomic E-state index is 14.5. The Kier molecular flexibility index (Phi) is 5.73. The number of carbonyl (C=O) groups excluding carboxylic acids is 1. The van der Waals surface area contributed by atoms with E-state index in [4.69, 9.17) is 4.74 Å². The number of rotatable bonds is 5. The molecule has 1 fully saturated rings. The number of hydrogen-bond acceptors (Lipinski definition) is 5. The molecule has 8 nitrogen and oxygen atoms in total. The number of H-pyrrole nitrogens is 1. The van der Waals surface area contributed by atoms with Gasteiger partial charge in [-0.2, -0.15) is 0 Å². The molecule has 6 rings (SSSR count). The molecule has 4 aromatic rings. The number of benzene rings is 3. The Labute approximate surface area is 221 Å². The van der Waals surface area contributed by atoms with E-state index in [0.29, 0.717) is 34.4 Å². The molecule has 1 saturated heterocycles. The molecule has 9 heteroatoms. The van der Waals surface area contributed by atoms with Gasteiger partial charge < -0.3 is 14.6 Å². The van der Waals surface area contributed by atoms with Crippen LogP contribution in [0.4, 0.5) is 11.4 Å². The molecule has 3 N–H and O–H groups in total. The minimum atomic E-state index is -2.81. The number of carbonyl (C=O) groups is 1. The third-order valence-electron chi connectivity index (χ3n) is 8.15. The summed E-state index contributed by atoms with van der Waals surface area (Å²) in [5.41, 5.74) is 1.54. The van der Waals surface area contributed by atoms with Gasteiger partial charge in [0.05, 0.1) is 28.4 Å². The monoisotopic (exact) mass is 529 g/mol. The van der Waals surface area contributed by atoms with Crippen molar-refractivity contribution in [2.24, 2.45) is 5.92 Å². The molecule has 0 unspecified atom stereocenters. The van der Waals surface area contributed by atoms with Crippen molar-refractivity contribution in [3.05, 3.63) is 88.7 Å². The number of hydrogen-bond donors (Lipinski definition) is 3. The summed E-state index contributed by atoms with van der Waals surface area (Å²) in [5.74, 6) is -0.587. The van der Waals surface area contributed by atoms with E-state index in [-0.39, 0.29) is 29.5 Å². The van der Waals surface area contributed by atoms with E-state index in [1.165, 1.54) is 4.68 Å². The standard InChI is InChI=1S/C29H31N3O5Si/c1-18-26(38(2,3)36)25(15-16-33)37-29(18)22-17-20(32-27(34)21-11-7-8-12-23(21)30-32)13-14-24(22)31(28(29)35)19-9-5-4-6-10-19/h4-14,17-18,25-26,30,33,36H,15-16H2,1-3H3/t18-,25+,26-,29+/m0/s1. The van der Waals surface area contributed by atoms with Crippen LogP contribution >= 0.6 is 0 Å². The molecule has 0 radical (unpaired) electrons. The Hall–Kier alpha value is -3.50. The molecule has 1 amide bonds.